The van der Waals surface area contributed by atoms with Crippen molar-refractivity contribution in [3.63, 3.8) is 0 Å². The van der Waals surface area contributed by atoms with Crippen molar-refractivity contribution in [3.8, 4) is 5.75 Å². The van der Waals surface area contributed by atoms with Gasteiger partial charge < -0.3 is 15.0 Å². The fourth-order valence-corrected chi connectivity index (χ4v) is 3.68. The molecule has 1 saturated heterocycles. The Bertz CT molecular complexity index is 778. The Balaban J connectivity index is 1.57. The van der Waals surface area contributed by atoms with E-state index in [1.807, 2.05) is 30.3 Å². The highest BCUT2D eigenvalue weighted by molar-refractivity contribution is 5.92. The van der Waals surface area contributed by atoms with E-state index in [1.54, 1.807) is 7.11 Å². The molecule has 1 aliphatic rings. The first kappa shape index (κ1) is 19.4. The maximum atomic E-state index is 12.5. The third-order valence-electron chi connectivity index (χ3n) is 4.87. The SMILES string of the molecule is COc1ccccc1CNC(=O)c1cc([C@@H]2CCN(CC(C)(C)C)C2)[nH]n1. The zero-order chi connectivity index (χ0) is 19.4. The number of hydrogen-bond donors (Lipinski definition) is 2. The lowest BCUT2D eigenvalue weighted by Crippen LogP contribution is -2.30. The number of carbonyl (C=O) groups excluding carboxylic acids is 1. The van der Waals surface area contributed by atoms with Crippen LogP contribution in [0.15, 0.2) is 30.3 Å². The standard InChI is InChI=1S/C21H30N4O2/c1-21(2,3)14-25-10-9-16(13-25)17-11-18(24-23-17)20(26)22-12-15-7-5-6-8-19(15)27-4/h5-8,11,16H,9-10,12-14H2,1-4H3,(H,22,26)(H,23,24)/t16-/m1/s1. The van der Waals surface area contributed by atoms with Crippen LogP contribution in [-0.4, -0.2) is 47.7 Å². The van der Waals surface area contributed by atoms with Gasteiger partial charge in [-0.3, -0.25) is 9.89 Å². The Morgan fingerprint density at radius 3 is 2.89 bits per heavy atom. The van der Waals surface area contributed by atoms with Crippen LogP contribution in [0.1, 0.15) is 54.9 Å². The fraction of sp³-hybridized carbons (Fsp3) is 0.524. The van der Waals surface area contributed by atoms with Crippen molar-refractivity contribution in [1.82, 2.24) is 20.4 Å². The molecule has 3 rings (SSSR count). The smallest absolute Gasteiger partial charge is 0.272 e. The molecule has 1 atom stereocenters. The first-order chi connectivity index (χ1) is 12.9. The van der Waals surface area contributed by atoms with Gasteiger partial charge in [-0.15, -0.1) is 0 Å². The topological polar surface area (TPSA) is 70.2 Å². The minimum Gasteiger partial charge on any atom is -0.496 e. The Kier molecular flexibility index (Phi) is 5.85. The number of nitrogens with one attached hydrogen (secondary N) is 2. The number of aromatic nitrogens is 2. The number of ether oxygens (including phenoxy) is 1. The summed E-state index contributed by atoms with van der Waals surface area (Å²) in [5, 5.41) is 10.2. The number of benzene rings is 1. The molecule has 0 unspecified atom stereocenters. The molecular weight excluding hydrogens is 340 g/mol. The molecule has 0 saturated carbocycles. The normalized spacial score (nSPS) is 17.9. The summed E-state index contributed by atoms with van der Waals surface area (Å²) in [5.41, 5.74) is 2.73. The largest absolute Gasteiger partial charge is 0.496 e. The van der Waals surface area contributed by atoms with Crippen LogP contribution < -0.4 is 10.1 Å². The van der Waals surface area contributed by atoms with Gasteiger partial charge in [0.2, 0.25) is 0 Å². The Morgan fingerprint density at radius 2 is 2.15 bits per heavy atom. The van der Waals surface area contributed by atoms with Gasteiger partial charge in [0.1, 0.15) is 11.4 Å². The summed E-state index contributed by atoms with van der Waals surface area (Å²) >= 11 is 0. The van der Waals surface area contributed by atoms with Crippen LogP contribution in [0.4, 0.5) is 0 Å². The number of carbonyl (C=O) groups is 1. The second-order valence-electron chi connectivity index (χ2n) is 8.48. The van der Waals surface area contributed by atoms with Crippen molar-refractivity contribution in [3.05, 3.63) is 47.3 Å². The second kappa shape index (κ2) is 8.13. The summed E-state index contributed by atoms with van der Waals surface area (Å²) in [5.74, 6) is 1.01. The Labute approximate surface area is 161 Å². The first-order valence-electron chi connectivity index (χ1n) is 9.53. The summed E-state index contributed by atoms with van der Waals surface area (Å²) in [7, 11) is 1.63. The average molecular weight is 370 g/mol. The maximum Gasteiger partial charge on any atom is 0.272 e. The van der Waals surface area contributed by atoms with Crippen LogP contribution in [0.25, 0.3) is 0 Å². The lowest BCUT2D eigenvalue weighted by Gasteiger charge is -2.26. The molecule has 146 valence electrons. The molecule has 0 aliphatic carbocycles. The average Bonchev–Trinajstić information content (AvgIpc) is 3.27. The van der Waals surface area contributed by atoms with Crippen molar-refractivity contribution < 1.29 is 9.53 Å². The quantitative estimate of drug-likeness (QED) is 0.819. The zero-order valence-corrected chi connectivity index (χ0v) is 16.7. The molecule has 2 aromatic rings. The highest BCUT2D eigenvalue weighted by Gasteiger charge is 2.28. The molecule has 2 heterocycles. The molecule has 1 aromatic carbocycles. The third-order valence-corrected chi connectivity index (χ3v) is 4.87. The molecule has 0 bridgehead atoms. The molecule has 0 spiro atoms. The van der Waals surface area contributed by atoms with Gasteiger partial charge in [0.15, 0.2) is 0 Å². The van der Waals surface area contributed by atoms with Crippen LogP contribution in [0.5, 0.6) is 5.75 Å². The van der Waals surface area contributed by atoms with Crippen molar-refractivity contribution in [1.29, 1.82) is 0 Å². The highest BCUT2D eigenvalue weighted by Crippen LogP contribution is 2.28. The zero-order valence-electron chi connectivity index (χ0n) is 16.7. The van der Waals surface area contributed by atoms with Gasteiger partial charge >= 0.3 is 0 Å². The van der Waals surface area contributed by atoms with E-state index < -0.39 is 0 Å². The highest BCUT2D eigenvalue weighted by atomic mass is 16.5. The van der Waals surface area contributed by atoms with Crippen LogP contribution in [0.2, 0.25) is 0 Å². The lowest BCUT2D eigenvalue weighted by atomic mass is 9.96. The minimum atomic E-state index is -0.173. The summed E-state index contributed by atoms with van der Waals surface area (Å²) in [6.07, 6.45) is 1.10. The van der Waals surface area contributed by atoms with E-state index in [1.165, 1.54) is 0 Å². The van der Waals surface area contributed by atoms with E-state index in [9.17, 15) is 4.79 Å². The van der Waals surface area contributed by atoms with Gasteiger partial charge in [-0.05, 0) is 30.5 Å². The molecule has 1 amide bonds. The van der Waals surface area contributed by atoms with E-state index in [0.717, 1.165) is 43.1 Å². The molecular formula is C21H30N4O2. The lowest BCUT2D eigenvalue weighted by molar-refractivity contribution is 0.0945. The number of rotatable bonds is 6. The van der Waals surface area contributed by atoms with E-state index in [0.29, 0.717) is 23.6 Å². The molecule has 0 radical (unpaired) electrons. The summed E-state index contributed by atoms with van der Waals surface area (Å²) in [6, 6.07) is 9.56. The number of likely N-dealkylation sites (tertiary alicyclic amines) is 1. The third kappa shape index (κ3) is 5.10. The summed E-state index contributed by atoms with van der Waals surface area (Å²) in [6.45, 7) is 10.4. The monoisotopic (exact) mass is 370 g/mol. The number of aromatic amines is 1. The van der Waals surface area contributed by atoms with E-state index >= 15 is 0 Å². The van der Waals surface area contributed by atoms with Crippen LogP contribution in [-0.2, 0) is 6.54 Å². The van der Waals surface area contributed by atoms with Crippen LogP contribution in [0, 0.1) is 5.41 Å². The predicted molar refractivity (Wildman–Crippen MR) is 106 cm³/mol. The molecule has 2 N–H and O–H groups in total. The van der Waals surface area contributed by atoms with Crippen molar-refractivity contribution in [2.24, 2.45) is 5.41 Å². The van der Waals surface area contributed by atoms with Crippen LogP contribution >= 0.6 is 0 Å². The number of hydrogen-bond acceptors (Lipinski definition) is 4. The molecule has 1 fully saturated rings. The number of nitrogens with zero attached hydrogens (tertiary/aromatic N) is 2. The minimum absolute atomic E-state index is 0.173. The Morgan fingerprint density at radius 1 is 1.37 bits per heavy atom. The van der Waals surface area contributed by atoms with E-state index in [-0.39, 0.29) is 5.91 Å². The van der Waals surface area contributed by atoms with Crippen molar-refractivity contribution in [2.45, 2.75) is 39.7 Å². The predicted octanol–water partition coefficient (Wildman–Crippen LogP) is 3.18. The van der Waals surface area contributed by atoms with Gasteiger partial charge in [0.05, 0.1) is 7.11 Å². The molecule has 6 heteroatoms. The first-order valence-corrected chi connectivity index (χ1v) is 9.53. The van der Waals surface area contributed by atoms with Gasteiger partial charge in [0.25, 0.3) is 5.91 Å². The van der Waals surface area contributed by atoms with Gasteiger partial charge in [-0.25, -0.2) is 0 Å². The van der Waals surface area contributed by atoms with E-state index in [4.69, 9.17) is 4.74 Å². The van der Waals surface area contributed by atoms with Crippen molar-refractivity contribution >= 4 is 5.91 Å². The number of methoxy groups -OCH3 is 1. The maximum absolute atomic E-state index is 12.5. The molecule has 27 heavy (non-hydrogen) atoms. The molecule has 1 aromatic heterocycles. The Hall–Kier alpha value is -2.34. The van der Waals surface area contributed by atoms with Gasteiger partial charge in [-0.1, -0.05) is 39.0 Å². The summed E-state index contributed by atoms with van der Waals surface area (Å²) < 4.78 is 5.32. The number of H-pyrrole nitrogens is 1. The molecule has 1 aliphatic heterocycles. The summed E-state index contributed by atoms with van der Waals surface area (Å²) in [4.78, 5) is 14.9. The second-order valence-corrected chi connectivity index (χ2v) is 8.48. The van der Waals surface area contributed by atoms with Gasteiger partial charge in [0, 0.05) is 36.8 Å². The number of para-hydroxylation sites is 1. The fourth-order valence-electron chi connectivity index (χ4n) is 3.68. The van der Waals surface area contributed by atoms with E-state index in [2.05, 4.69) is 41.2 Å². The van der Waals surface area contributed by atoms with Gasteiger partial charge in [-0.2, -0.15) is 5.10 Å². The molecule has 6 nitrogen and oxygen atoms in total. The number of amides is 1. The van der Waals surface area contributed by atoms with Crippen molar-refractivity contribution in [2.75, 3.05) is 26.7 Å². The van der Waals surface area contributed by atoms with Crippen LogP contribution in [0.3, 0.4) is 0 Å².